The highest BCUT2D eigenvalue weighted by atomic mass is 16.1. The molecule has 0 radical (unpaired) electrons. The van der Waals surface area contributed by atoms with Crippen LogP contribution in [0.25, 0.3) is 22.4 Å². The summed E-state index contributed by atoms with van der Waals surface area (Å²) in [4.78, 5) is 24.8. The van der Waals surface area contributed by atoms with Gasteiger partial charge in [-0.1, -0.05) is 30.3 Å². The first-order valence-electron chi connectivity index (χ1n) is 9.12. The molecule has 6 heteroatoms. The van der Waals surface area contributed by atoms with Gasteiger partial charge in [0.15, 0.2) is 0 Å². The summed E-state index contributed by atoms with van der Waals surface area (Å²) in [6.45, 7) is 2.00. The van der Waals surface area contributed by atoms with Crippen molar-refractivity contribution in [2.75, 3.05) is 5.32 Å². The van der Waals surface area contributed by atoms with Crippen LogP contribution in [0.1, 0.15) is 15.9 Å². The van der Waals surface area contributed by atoms with E-state index < -0.39 is 5.91 Å². The number of carbonyl (C=O) groups excluding carboxylic acids is 1. The van der Waals surface area contributed by atoms with Gasteiger partial charge in [0.1, 0.15) is 0 Å². The van der Waals surface area contributed by atoms with Crippen molar-refractivity contribution in [3.8, 4) is 22.4 Å². The number of anilines is 2. The molecule has 0 aliphatic rings. The van der Waals surface area contributed by atoms with E-state index in [2.05, 4.69) is 20.3 Å². The van der Waals surface area contributed by atoms with E-state index in [-0.39, 0.29) is 0 Å². The van der Waals surface area contributed by atoms with Crippen LogP contribution in [-0.2, 0) is 0 Å². The van der Waals surface area contributed by atoms with Crippen molar-refractivity contribution in [2.24, 2.45) is 5.73 Å². The van der Waals surface area contributed by atoms with Gasteiger partial charge in [0.25, 0.3) is 0 Å². The molecule has 0 saturated heterocycles. The Hall–Kier alpha value is -4.06. The van der Waals surface area contributed by atoms with Gasteiger partial charge < -0.3 is 11.1 Å². The number of hydrogen-bond acceptors (Lipinski definition) is 5. The lowest BCUT2D eigenvalue weighted by Gasteiger charge is -2.13. The maximum absolute atomic E-state index is 11.8. The molecule has 4 aromatic rings. The Kier molecular flexibility index (Phi) is 4.99. The molecule has 1 amide bonds. The van der Waals surface area contributed by atoms with Crippen LogP contribution in [0.2, 0.25) is 0 Å². The van der Waals surface area contributed by atoms with E-state index in [4.69, 9.17) is 5.73 Å². The number of nitrogens with one attached hydrogen (secondary N) is 1. The lowest BCUT2D eigenvalue weighted by molar-refractivity contribution is 0.100. The predicted molar refractivity (Wildman–Crippen MR) is 114 cm³/mol. The predicted octanol–water partition coefficient (Wildman–Crippen LogP) is 4.36. The van der Waals surface area contributed by atoms with Crippen molar-refractivity contribution in [3.05, 3.63) is 90.4 Å². The first-order valence-corrected chi connectivity index (χ1v) is 9.12. The van der Waals surface area contributed by atoms with Crippen molar-refractivity contribution in [2.45, 2.75) is 6.92 Å². The third-order valence-electron chi connectivity index (χ3n) is 4.62. The topological polar surface area (TPSA) is 93.8 Å². The van der Waals surface area contributed by atoms with E-state index in [0.717, 1.165) is 33.6 Å². The number of primary amides is 1. The Labute approximate surface area is 168 Å². The summed E-state index contributed by atoms with van der Waals surface area (Å²) in [5.41, 5.74) is 11.3. The van der Waals surface area contributed by atoms with Crippen molar-refractivity contribution >= 4 is 17.5 Å². The molecule has 0 fully saturated rings. The van der Waals surface area contributed by atoms with Gasteiger partial charge in [0, 0.05) is 35.4 Å². The normalized spacial score (nSPS) is 10.5. The number of nitrogens with zero attached hydrogens (tertiary/aromatic N) is 3. The Morgan fingerprint density at radius 2 is 1.72 bits per heavy atom. The van der Waals surface area contributed by atoms with Crippen LogP contribution in [0.4, 0.5) is 11.6 Å². The summed E-state index contributed by atoms with van der Waals surface area (Å²) >= 11 is 0. The number of aromatic nitrogens is 3. The summed E-state index contributed by atoms with van der Waals surface area (Å²) in [7, 11) is 0. The van der Waals surface area contributed by atoms with Gasteiger partial charge in [-0.25, -0.2) is 9.97 Å². The zero-order chi connectivity index (χ0) is 20.2. The second kappa shape index (κ2) is 7.90. The highest BCUT2D eigenvalue weighted by Crippen LogP contribution is 2.29. The molecule has 6 nitrogen and oxygen atoms in total. The minimum absolute atomic E-state index is 0.455. The van der Waals surface area contributed by atoms with Crippen molar-refractivity contribution in [3.63, 3.8) is 0 Å². The van der Waals surface area contributed by atoms with Crippen LogP contribution in [0.5, 0.6) is 0 Å². The molecule has 142 valence electrons. The van der Waals surface area contributed by atoms with Crippen LogP contribution < -0.4 is 11.1 Å². The number of amides is 1. The molecule has 0 bridgehead atoms. The zero-order valence-electron chi connectivity index (χ0n) is 15.8. The minimum atomic E-state index is -0.455. The molecule has 0 unspecified atom stereocenters. The minimum Gasteiger partial charge on any atom is -0.366 e. The fourth-order valence-electron chi connectivity index (χ4n) is 3.10. The van der Waals surface area contributed by atoms with E-state index in [0.29, 0.717) is 11.5 Å². The summed E-state index contributed by atoms with van der Waals surface area (Å²) in [6, 6.07) is 18.9. The first kappa shape index (κ1) is 18.3. The molecule has 2 aromatic heterocycles. The largest absolute Gasteiger partial charge is 0.366 e. The quantitative estimate of drug-likeness (QED) is 0.536. The van der Waals surface area contributed by atoms with Crippen LogP contribution in [0.3, 0.4) is 0 Å². The van der Waals surface area contributed by atoms with Gasteiger partial charge in [-0.05, 0) is 53.9 Å². The average Bonchev–Trinajstić information content (AvgIpc) is 2.76. The number of carbonyl (C=O) groups is 1. The number of aryl methyl sites for hydroxylation is 1. The van der Waals surface area contributed by atoms with E-state index in [1.54, 1.807) is 30.7 Å². The van der Waals surface area contributed by atoms with Gasteiger partial charge in [-0.2, -0.15) is 0 Å². The smallest absolute Gasteiger partial charge is 0.249 e. The van der Waals surface area contributed by atoms with Gasteiger partial charge in [0.05, 0.1) is 5.69 Å². The molecule has 2 heterocycles. The first-order chi connectivity index (χ1) is 14.1. The molecule has 0 atom stereocenters. The van der Waals surface area contributed by atoms with Gasteiger partial charge in [0.2, 0.25) is 11.9 Å². The van der Waals surface area contributed by atoms with Crippen LogP contribution in [0.15, 0.2) is 79.3 Å². The molecule has 0 saturated carbocycles. The highest BCUT2D eigenvalue weighted by Gasteiger charge is 2.11. The molecule has 29 heavy (non-hydrogen) atoms. The van der Waals surface area contributed by atoms with Crippen LogP contribution in [0, 0.1) is 6.92 Å². The number of benzene rings is 2. The molecular weight excluding hydrogens is 362 g/mol. The van der Waals surface area contributed by atoms with E-state index in [1.807, 2.05) is 55.5 Å². The van der Waals surface area contributed by atoms with Crippen molar-refractivity contribution in [1.29, 1.82) is 0 Å². The summed E-state index contributed by atoms with van der Waals surface area (Å²) in [6.07, 6.45) is 5.18. The van der Waals surface area contributed by atoms with E-state index >= 15 is 0 Å². The number of rotatable bonds is 5. The summed E-state index contributed by atoms with van der Waals surface area (Å²) in [5, 5.41) is 3.29. The van der Waals surface area contributed by atoms with Gasteiger partial charge in [-0.15, -0.1) is 0 Å². The SMILES string of the molecule is Cc1ccc(-c2ccccc2C(N)=O)cc1Nc1nccc(-c2ccncc2)n1. The Bertz CT molecular complexity index is 1170. The summed E-state index contributed by atoms with van der Waals surface area (Å²) < 4.78 is 0. The molecule has 0 aliphatic carbocycles. The monoisotopic (exact) mass is 381 g/mol. The second-order valence-electron chi connectivity index (χ2n) is 6.57. The maximum atomic E-state index is 11.8. The van der Waals surface area contributed by atoms with E-state index in [1.165, 1.54) is 0 Å². The van der Waals surface area contributed by atoms with Gasteiger partial charge >= 0.3 is 0 Å². The fraction of sp³-hybridized carbons (Fsp3) is 0.0435. The molecule has 3 N–H and O–H groups in total. The summed E-state index contributed by atoms with van der Waals surface area (Å²) in [5.74, 6) is 0.0341. The Balaban J connectivity index is 1.69. The Morgan fingerprint density at radius 3 is 2.52 bits per heavy atom. The molecule has 0 spiro atoms. The molecule has 0 aliphatic heterocycles. The average molecular weight is 381 g/mol. The van der Waals surface area contributed by atoms with Crippen molar-refractivity contribution in [1.82, 2.24) is 15.0 Å². The number of nitrogens with two attached hydrogens (primary N) is 1. The van der Waals surface area contributed by atoms with E-state index in [9.17, 15) is 4.79 Å². The lowest BCUT2D eigenvalue weighted by Crippen LogP contribution is -2.12. The van der Waals surface area contributed by atoms with Crippen molar-refractivity contribution < 1.29 is 4.79 Å². The lowest BCUT2D eigenvalue weighted by atomic mass is 9.97. The van der Waals surface area contributed by atoms with Gasteiger partial charge in [-0.3, -0.25) is 9.78 Å². The highest BCUT2D eigenvalue weighted by molar-refractivity contribution is 6.00. The number of pyridine rings is 1. The molecular formula is C23H19N5O. The Morgan fingerprint density at radius 1 is 0.931 bits per heavy atom. The molecule has 4 rings (SSSR count). The second-order valence-corrected chi connectivity index (χ2v) is 6.57. The third-order valence-corrected chi connectivity index (χ3v) is 4.62. The maximum Gasteiger partial charge on any atom is 0.249 e. The number of hydrogen-bond donors (Lipinski definition) is 2. The standard InChI is InChI=1S/C23H19N5O/c1-15-6-7-17(18-4-2-3-5-19(18)22(24)29)14-21(15)28-23-26-13-10-20(27-23)16-8-11-25-12-9-16/h2-14H,1H3,(H2,24,29)(H,26,27,28). The fourth-order valence-corrected chi connectivity index (χ4v) is 3.10. The van der Waals surface area contributed by atoms with Crippen LogP contribution in [-0.4, -0.2) is 20.9 Å². The molecule has 2 aromatic carbocycles. The third kappa shape index (κ3) is 3.96. The van der Waals surface area contributed by atoms with Crippen LogP contribution >= 0.6 is 0 Å². The zero-order valence-corrected chi connectivity index (χ0v) is 15.8.